The van der Waals surface area contributed by atoms with Crippen molar-refractivity contribution in [1.82, 2.24) is 0 Å². The molecule has 1 amide bonds. The van der Waals surface area contributed by atoms with Gasteiger partial charge in [-0.2, -0.15) is 0 Å². The number of nitrogens with one attached hydrogen (secondary N) is 1. The number of hydrogen-bond donors (Lipinski definition) is 2. The lowest BCUT2D eigenvalue weighted by Crippen LogP contribution is -2.45. The second-order valence-corrected chi connectivity index (χ2v) is 4.37. The van der Waals surface area contributed by atoms with Crippen LogP contribution in [0.2, 0.25) is 0 Å². The Morgan fingerprint density at radius 1 is 1.44 bits per heavy atom. The molecule has 1 aliphatic heterocycles. The largest absolute Gasteiger partial charge is 0.476 e. The van der Waals surface area contributed by atoms with Crippen LogP contribution in [0.1, 0.15) is 19.4 Å². The van der Waals surface area contributed by atoms with Gasteiger partial charge < -0.3 is 15.2 Å². The van der Waals surface area contributed by atoms with Gasteiger partial charge in [0.2, 0.25) is 0 Å². The highest BCUT2D eigenvalue weighted by molar-refractivity contribution is 6.00. The average Bonchev–Trinajstić information content (AvgIpc) is 2.20. The van der Waals surface area contributed by atoms with Gasteiger partial charge in [-0.3, -0.25) is 4.79 Å². The van der Waals surface area contributed by atoms with E-state index < -0.39 is 5.60 Å². The topological polar surface area (TPSA) is 58.6 Å². The van der Waals surface area contributed by atoms with Gasteiger partial charge >= 0.3 is 0 Å². The lowest BCUT2D eigenvalue weighted by Gasteiger charge is -2.31. The number of benzene rings is 1. The van der Waals surface area contributed by atoms with Crippen molar-refractivity contribution in [2.24, 2.45) is 0 Å². The zero-order valence-corrected chi connectivity index (χ0v) is 9.41. The maximum atomic E-state index is 11.7. The number of hydrogen-bond acceptors (Lipinski definition) is 3. The normalized spacial score (nSPS) is 17.3. The van der Waals surface area contributed by atoms with Crippen molar-refractivity contribution in [1.29, 1.82) is 0 Å². The minimum Gasteiger partial charge on any atom is -0.476 e. The van der Waals surface area contributed by atoms with E-state index in [2.05, 4.69) is 5.32 Å². The van der Waals surface area contributed by atoms with E-state index in [0.29, 0.717) is 17.9 Å². The summed E-state index contributed by atoms with van der Waals surface area (Å²) < 4.78 is 5.59. The third-order valence-corrected chi connectivity index (χ3v) is 2.60. The Kier molecular flexibility index (Phi) is 2.59. The number of carbonyl (C=O) groups is 1. The zero-order valence-electron chi connectivity index (χ0n) is 9.41. The molecule has 1 aromatic rings. The number of anilines is 1. The number of ether oxygens (including phenoxy) is 1. The first-order valence-electron chi connectivity index (χ1n) is 5.27. The number of rotatable bonds is 2. The van der Waals surface area contributed by atoms with Crippen molar-refractivity contribution in [3.63, 3.8) is 0 Å². The van der Waals surface area contributed by atoms with E-state index >= 15 is 0 Å². The van der Waals surface area contributed by atoms with Crippen LogP contribution in [-0.4, -0.2) is 23.2 Å². The smallest absolute Gasteiger partial charge is 0.268 e. The van der Waals surface area contributed by atoms with E-state index in [-0.39, 0.29) is 12.5 Å². The molecule has 0 fully saturated rings. The van der Waals surface area contributed by atoms with Gasteiger partial charge in [0.1, 0.15) is 5.75 Å². The number of aliphatic hydroxyl groups is 1. The Morgan fingerprint density at radius 3 is 2.88 bits per heavy atom. The summed E-state index contributed by atoms with van der Waals surface area (Å²) in [5.74, 6) is 0.521. The molecule has 0 atom stereocenters. The van der Waals surface area contributed by atoms with Crippen LogP contribution in [-0.2, 0) is 11.2 Å². The van der Waals surface area contributed by atoms with Crippen LogP contribution in [0, 0.1) is 0 Å². The molecule has 16 heavy (non-hydrogen) atoms. The minimum absolute atomic E-state index is 0.0963. The summed E-state index contributed by atoms with van der Waals surface area (Å²) in [6.45, 7) is 3.55. The van der Waals surface area contributed by atoms with Crippen molar-refractivity contribution >= 4 is 11.6 Å². The fourth-order valence-electron chi connectivity index (χ4n) is 1.64. The molecule has 0 bridgehead atoms. The monoisotopic (exact) mass is 221 g/mol. The standard InChI is InChI=1S/C12H15NO3/c1-12(2)11(15)13-9-7-8(5-6-14)3-4-10(9)16-12/h3-4,7,14H,5-6H2,1-2H3,(H,13,15). The number of amides is 1. The van der Waals surface area contributed by atoms with Gasteiger partial charge in [-0.25, -0.2) is 0 Å². The van der Waals surface area contributed by atoms with Crippen molar-refractivity contribution in [2.75, 3.05) is 11.9 Å². The molecule has 4 nitrogen and oxygen atoms in total. The lowest BCUT2D eigenvalue weighted by atomic mass is 10.0. The second kappa shape index (κ2) is 3.79. The first-order valence-corrected chi connectivity index (χ1v) is 5.27. The van der Waals surface area contributed by atoms with Crippen LogP contribution >= 0.6 is 0 Å². The van der Waals surface area contributed by atoms with Crippen molar-refractivity contribution in [3.8, 4) is 5.75 Å². The highest BCUT2D eigenvalue weighted by Crippen LogP contribution is 2.34. The summed E-state index contributed by atoms with van der Waals surface area (Å²) >= 11 is 0. The number of carbonyl (C=O) groups excluding carboxylic acids is 1. The fraction of sp³-hybridized carbons (Fsp3) is 0.417. The van der Waals surface area contributed by atoms with E-state index in [1.165, 1.54) is 0 Å². The van der Waals surface area contributed by atoms with Crippen LogP contribution in [0.25, 0.3) is 0 Å². The van der Waals surface area contributed by atoms with E-state index in [0.717, 1.165) is 5.56 Å². The molecule has 2 rings (SSSR count). The Labute approximate surface area is 94.2 Å². The second-order valence-electron chi connectivity index (χ2n) is 4.37. The molecule has 1 aromatic carbocycles. The van der Waals surface area contributed by atoms with E-state index in [1.807, 2.05) is 18.2 Å². The summed E-state index contributed by atoms with van der Waals surface area (Å²) in [5, 5.41) is 11.6. The first-order chi connectivity index (χ1) is 7.53. The Balaban J connectivity index is 2.33. The summed E-state index contributed by atoms with van der Waals surface area (Å²) in [6.07, 6.45) is 0.576. The predicted octanol–water partition coefficient (Wildman–Crippen LogP) is 1.33. The van der Waals surface area contributed by atoms with Gasteiger partial charge in [0, 0.05) is 6.61 Å². The predicted molar refractivity (Wildman–Crippen MR) is 60.6 cm³/mol. The minimum atomic E-state index is -0.828. The highest BCUT2D eigenvalue weighted by Gasteiger charge is 2.35. The molecule has 0 aromatic heterocycles. The maximum absolute atomic E-state index is 11.7. The van der Waals surface area contributed by atoms with Crippen LogP contribution in [0.15, 0.2) is 18.2 Å². The van der Waals surface area contributed by atoms with Gasteiger partial charge in [-0.1, -0.05) is 6.07 Å². The molecule has 0 saturated heterocycles. The van der Waals surface area contributed by atoms with Crippen molar-refractivity contribution in [2.45, 2.75) is 25.9 Å². The quantitative estimate of drug-likeness (QED) is 0.792. The van der Waals surface area contributed by atoms with E-state index in [1.54, 1.807) is 13.8 Å². The summed E-state index contributed by atoms with van der Waals surface area (Å²) in [5.41, 5.74) is 0.825. The van der Waals surface area contributed by atoms with Gasteiger partial charge in [0.05, 0.1) is 5.69 Å². The maximum Gasteiger partial charge on any atom is 0.268 e. The van der Waals surface area contributed by atoms with E-state index in [4.69, 9.17) is 9.84 Å². The van der Waals surface area contributed by atoms with Crippen LogP contribution in [0.4, 0.5) is 5.69 Å². The van der Waals surface area contributed by atoms with Crippen LogP contribution < -0.4 is 10.1 Å². The molecule has 0 saturated carbocycles. The molecule has 86 valence electrons. The van der Waals surface area contributed by atoms with E-state index in [9.17, 15) is 4.79 Å². The molecule has 0 aliphatic carbocycles. The highest BCUT2D eigenvalue weighted by atomic mass is 16.5. The summed E-state index contributed by atoms with van der Waals surface area (Å²) in [4.78, 5) is 11.7. The molecule has 1 heterocycles. The van der Waals surface area contributed by atoms with Crippen LogP contribution in [0.3, 0.4) is 0 Å². The molecular formula is C12H15NO3. The van der Waals surface area contributed by atoms with Gasteiger partial charge in [0.25, 0.3) is 5.91 Å². The molecule has 0 spiro atoms. The Bertz CT molecular complexity index is 426. The lowest BCUT2D eigenvalue weighted by molar-refractivity contribution is -0.129. The zero-order chi connectivity index (χ0) is 11.8. The SMILES string of the molecule is CC1(C)Oc2ccc(CCO)cc2NC1=O. The van der Waals surface area contributed by atoms with Crippen molar-refractivity contribution < 1.29 is 14.6 Å². The Hall–Kier alpha value is -1.55. The third-order valence-electron chi connectivity index (χ3n) is 2.60. The molecule has 2 N–H and O–H groups in total. The van der Waals surface area contributed by atoms with Crippen molar-refractivity contribution in [3.05, 3.63) is 23.8 Å². The number of aliphatic hydroxyl groups excluding tert-OH is 1. The number of fused-ring (bicyclic) bond motifs is 1. The molecule has 0 radical (unpaired) electrons. The fourth-order valence-corrected chi connectivity index (χ4v) is 1.64. The molecule has 1 aliphatic rings. The average molecular weight is 221 g/mol. The molecular weight excluding hydrogens is 206 g/mol. The summed E-state index contributed by atoms with van der Waals surface area (Å²) in [7, 11) is 0. The molecule has 4 heteroatoms. The first kappa shape index (κ1) is 11.0. The molecule has 0 unspecified atom stereocenters. The summed E-state index contributed by atoms with van der Waals surface area (Å²) in [6, 6.07) is 5.54. The van der Waals surface area contributed by atoms with Gasteiger partial charge in [-0.15, -0.1) is 0 Å². The van der Waals surface area contributed by atoms with Gasteiger partial charge in [-0.05, 0) is 38.0 Å². The van der Waals surface area contributed by atoms with Gasteiger partial charge in [0.15, 0.2) is 5.60 Å². The van der Waals surface area contributed by atoms with Crippen LogP contribution in [0.5, 0.6) is 5.75 Å². The third kappa shape index (κ3) is 1.88. The Morgan fingerprint density at radius 2 is 2.19 bits per heavy atom.